The van der Waals surface area contributed by atoms with Gasteiger partial charge in [-0.2, -0.15) is 11.8 Å². The van der Waals surface area contributed by atoms with E-state index in [1.807, 2.05) is 25.6 Å². The number of hydrogen-bond donors (Lipinski definition) is 2. The van der Waals surface area contributed by atoms with Gasteiger partial charge in [0.1, 0.15) is 0 Å². The maximum Gasteiger partial charge on any atom is 0.224 e. The van der Waals surface area contributed by atoms with Crippen molar-refractivity contribution in [2.45, 2.75) is 25.8 Å². The highest BCUT2D eigenvalue weighted by Crippen LogP contribution is 2.23. The van der Waals surface area contributed by atoms with Gasteiger partial charge < -0.3 is 11.1 Å². The maximum absolute atomic E-state index is 11.6. The van der Waals surface area contributed by atoms with Crippen LogP contribution in [0.25, 0.3) is 0 Å². The molecular formula is C9H18N2OS. The standard InChI is InChI=1S/C9H18N2OS/c1-9(2,6-10)11-8(12)7-3-4-13-5-7/h7H,3-6,10H2,1-2H3,(H,11,12). The molecule has 0 saturated carbocycles. The van der Waals surface area contributed by atoms with Crippen LogP contribution in [-0.4, -0.2) is 29.5 Å². The summed E-state index contributed by atoms with van der Waals surface area (Å²) < 4.78 is 0. The molecule has 1 aliphatic heterocycles. The van der Waals surface area contributed by atoms with Crippen molar-refractivity contribution in [1.82, 2.24) is 5.32 Å². The van der Waals surface area contributed by atoms with Gasteiger partial charge in [-0.05, 0) is 26.0 Å². The maximum atomic E-state index is 11.6. The molecule has 0 aliphatic carbocycles. The van der Waals surface area contributed by atoms with Crippen LogP contribution in [0.5, 0.6) is 0 Å². The lowest BCUT2D eigenvalue weighted by Crippen LogP contribution is -2.50. The van der Waals surface area contributed by atoms with E-state index in [4.69, 9.17) is 5.73 Å². The average Bonchev–Trinajstić information content (AvgIpc) is 2.55. The third kappa shape index (κ3) is 3.19. The summed E-state index contributed by atoms with van der Waals surface area (Å²) in [4.78, 5) is 11.6. The highest BCUT2D eigenvalue weighted by Gasteiger charge is 2.27. The molecule has 1 heterocycles. The molecule has 1 atom stereocenters. The normalized spacial score (nSPS) is 23.2. The Labute approximate surface area is 83.8 Å². The Hall–Kier alpha value is -0.220. The smallest absolute Gasteiger partial charge is 0.224 e. The van der Waals surface area contributed by atoms with Crippen LogP contribution in [0.2, 0.25) is 0 Å². The summed E-state index contributed by atoms with van der Waals surface area (Å²) in [6.45, 7) is 4.39. The lowest BCUT2D eigenvalue weighted by Gasteiger charge is -2.25. The third-order valence-electron chi connectivity index (χ3n) is 2.27. The Morgan fingerprint density at radius 1 is 1.69 bits per heavy atom. The fraction of sp³-hybridized carbons (Fsp3) is 0.889. The Morgan fingerprint density at radius 3 is 2.85 bits per heavy atom. The summed E-state index contributed by atoms with van der Waals surface area (Å²) in [5, 5.41) is 2.97. The van der Waals surface area contributed by atoms with Gasteiger partial charge in [0.2, 0.25) is 5.91 Å². The number of hydrogen-bond acceptors (Lipinski definition) is 3. The number of carbonyl (C=O) groups is 1. The molecule has 3 nitrogen and oxygen atoms in total. The van der Waals surface area contributed by atoms with Crippen molar-refractivity contribution in [2.24, 2.45) is 11.7 Å². The van der Waals surface area contributed by atoms with Crippen molar-refractivity contribution in [1.29, 1.82) is 0 Å². The van der Waals surface area contributed by atoms with Crippen LogP contribution in [0.4, 0.5) is 0 Å². The van der Waals surface area contributed by atoms with Gasteiger partial charge in [0.15, 0.2) is 0 Å². The van der Waals surface area contributed by atoms with Crippen molar-refractivity contribution in [2.75, 3.05) is 18.1 Å². The van der Waals surface area contributed by atoms with Gasteiger partial charge >= 0.3 is 0 Å². The largest absolute Gasteiger partial charge is 0.350 e. The molecule has 0 aromatic heterocycles. The van der Waals surface area contributed by atoms with Crippen LogP contribution in [0.15, 0.2) is 0 Å². The van der Waals surface area contributed by atoms with Gasteiger partial charge in [0.25, 0.3) is 0 Å². The molecule has 1 amide bonds. The number of carbonyl (C=O) groups excluding carboxylic acids is 1. The number of amides is 1. The second-order valence-electron chi connectivity index (χ2n) is 4.14. The van der Waals surface area contributed by atoms with Gasteiger partial charge in [-0.25, -0.2) is 0 Å². The van der Waals surface area contributed by atoms with Crippen molar-refractivity contribution in [3.05, 3.63) is 0 Å². The number of nitrogens with two attached hydrogens (primary N) is 1. The zero-order valence-corrected chi connectivity index (χ0v) is 9.12. The predicted octanol–water partition coefficient (Wildman–Crippen LogP) is 0.593. The first-order valence-corrected chi connectivity index (χ1v) is 5.80. The van der Waals surface area contributed by atoms with E-state index in [2.05, 4.69) is 5.32 Å². The minimum absolute atomic E-state index is 0.167. The highest BCUT2D eigenvalue weighted by molar-refractivity contribution is 7.99. The minimum atomic E-state index is -0.260. The van der Waals surface area contributed by atoms with Crippen LogP contribution in [0.1, 0.15) is 20.3 Å². The van der Waals surface area contributed by atoms with E-state index >= 15 is 0 Å². The summed E-state index contributed by atoms with van der Waals surface area (Å²) in [5.41, 5.74) is 5.27. The highest BCUT2D eigenvalue weighted by atomic mass is 32.2. The number of rotatable bonds is 3. The van der Waals surface area contributed by atoms with Crippen molar-refractivity contribution >= 4 is 17.7 Å². The first kappa shape index (κ1) is 10.9. The van der Waals surface area contributed by atoms with Crippen LogP contribution < -0.4 is 11.1 Å². The van der Waals surface area contributed by atoms with E-state index in [9.17, 15) is 4.79 Å². The van der Waals surface area contributed by atoms with Gasteiger partial charge in [-0.15, -0.1) is 0 Å². The summed E-state index contributed by atoms with van der Waals surface area (Å²) in [6.07, 6.45) is 1.01. The van der Waals surface area contributed by atoms with Crippen molar-refractivity contribution in [3.63, 3.8) is 0 Å². The molecule has 76 valence electrons. The molecule has 4 heteroatoms. The fourth-order valence-electron chi connectivity index (χ4n) is 1.23. The van der Waals surface area contributed by atoms with Crippen molar-refractivity contribution in [3.8, 4) is 0 Å². The quantitative estimate of drug-likeness (QED) is 0.704. The Kier molecular flexibility index (Phi) is 3.62. The monoisotopic (exact) mass is 202 g/mol. The van der Waals surface area contributed by atoms with Gasteiger partial charge in [0.05, 0.1) is 0 Å². The molecule has 3 N–H and O–H groups in total. The Balaban J connectivity index is 2.40. The van der Waals surface area contributed by atoms with Crippen LogP contribution in [-0.2, 0) is 4.79 Å². The third-order valence-corrected chi connectivity index (χ3v) is 3.43. The van der Waals surface area contributed by atoms with E-state index < -0.39 is 0 Å². The molecule has 0 aromatic carbocycles. The second-order valence-corrected chi connectivity index (χ2v) is 5.29. The molecular weight excluding hydrogens is 184 g/mol. The molecule has 1 fully saturated rings. The zero-order chi connectivity index (χ0) is 9.90. The fourth-order valence-corrected chi connectivity index (χ4v) is 2.45. The molecule has 0 radical (unpaired) electrons. The van der Waals surface area contributed by atoms with Gasteiger partial charge in [0, 0.05) is 23.8 Å². The number of nitrogens with one attached hydrogen (secondary N) is 1. The summed E-state index contributed by atoms with van der Waals surface area (Å²) in [7, 11) is 0. The van der Waals surface area contributed by atoms with Crippen molar-refractivity contribution < 1.29 is 4.79 Å². The Bertz CT molecular complexity index is 188. The van der Waals surface area contributed by atoms with Crippen LogP contribution in [0.3, 0.4) is 0 Å². The molecule has 0 bridgehead atoms. The molecule has 1 aliphatic rings. The summed E-state index contributed by atoms with van der Waals surface area (Å²) >= 11 is 1.85. The molecule has 0 spiro atoms. The second kappa shape index (κ2) is 4.33. The molecule has 1 saturated heterocycles. The van der Waals surface area contributed by atoms with E-state index in [-0.39, 0.29) is 17.4 Å². The summed E-state index contributed by atoms with van der Waals surface area (Å²) in [6, 6.07) is 0. The predicted molar refractivity (Wildman–Crippen MR) is 56.7 cm³/mol. The van der Waals surface area contributed by atoms with Crippen LogP contribution in [0, 0.1) is 5.92 Å². The summed E-state index contributed by atoms with van der Waals surface area (Å²) in [5.74, 6) is 2.45. The average molecular weight is 202 g/mol. The van der Waals surface area contributed by atoms with E-state index in [0.717, 1.165) is 17.9 Å². The first-order valence-electron chi connectivity index (χ1n) is 4.65. The van der Waals surface area contributed by atoms with Gasteiger partial charge in [-0.1, -0.05) is 0 Å². The SMILES string of the molecule is CC(C)(CN)NC(=O)C1CCSC1. The molecule has 0 aromatic rings. The molecule has 1 rings (SSSR count). The topological polar surface area (TPSA) is 55.1 Å². The van der Waals surface area contributed by atoms with E-state index in [0.29, 0.717) is 6.54 Å². The minimum Gasteiger partial charge on any atom is -0.350 e. The number of thioether (sulfide) groups is 1. The first-order chi connectivity index (χ1) is 6.05. The molecule has 13 heavy (non-hydrogen) atoms. The zero-order valence-electron chi connectivity index (χ0n) is 8.30. The van der Waals surface area contributed by atoms with E-state index in [1.165, 1.54) is 0 Å². The Morgan fingerprint density at radius 2 is 2.38 bits per heavy atom. The molecule has 1 unspecified atom stereocenters. The van der Waals surface area contributed by atoms with E-state index in [1.54, 1.807) is 0 Å². The lowest BCUT2D eigenvalue weighted by molar-refractivity contribution is -0.125. The van der Waals surface area contributed by atoms with Crippen LogP contribution >= 0.6 is 11.8 Å². The van der Waals surface area contributed by atoms with Gasteiger partial charge in [-0.3, -0.25) is 4.79 Å². The lowest BCUT2D eigenvalue weighted by atomic mass is 10.0.